The molecule has 114 valence electrons. The highest BCUT2D eigenvalue weighted by Crippen LogP contribution is 2.17. The van der Waals surface area contributed by atoms with Crippen LogP contribution in [0.1, 0.15) is 27.3 Å². The third-order valence-corrected chi connectivity index (χ3v) is 3.66. The Bertz CT molecular complexity index is 639. The maximum absolute atomic E-state index is 12.4. The van der Waals surface area contributed by atoms with Crippen LogP contribution >= 0.6 is 0 Å². The molecular weight excluding hydrogens is 284 g/mol. The molecule has 1 fully saturated rings. The van der Waals surface area contributed by atoms with Gasteiger partial charge in [-0.1, -0.05) is 35.5 Å². The van der Waals surface area contributed by atoms with Gasteiger partial charge in [-0.25, -0.2) is 0 Å². The van der Waals surface area contributed by atoms with Crippen molar-refractivity contribution >= 4 is 11.7 Å². The van der Waals surface area contributed by atoms with Crippen molar-refractivity contribution in [3.05, 3.63) is 53.9 Å². The SMILES string of the molecule is O=C(C[C@@H]1COCCN1C(=O)c1ccon1)c1ccccc1. The number of morpholine rings is 1. The van der Waals surface area contributed by atoms with Gasteiger partial charge in [0.2, 0.25) is 0 Å². The largest absolute Gasteiger partial charge is 0.377 e. The molecule has 22 heavy (non-hydrogen) atoms. The Kier molecular flexibility index (Phi) is 4.29. The number of ketones is 1. The van der Waals surface area contributed by atoms with E-state index in [0.29, 0.717) is 25.3 Å². The number of carbonyl (C=O) groups is 2. The summed E-state index contributed by atoms with van der Waals surface area (Å²) in [5.74, 6) is -0.239. The van der Waals surface area contributed by atoms with E-state index < -0.39 is 0 Å². The smallest absolute Gasteiger partial charge is 0.276 e. The minimum Gasteiger partial charge on any atom is -0.377 e. The van der Waals surface area contributed by atoms with E-state index >= 15 is 0 Å². The van der Waals surface area contributed by atoms with Crippen molar-refractivity contribution in [2.24, 2.45) is 0 Å². The van der Waals surface area contributed by atoms with Gasteiger partial charge in [0.25, 0.3) is 5.91 Å². The van der Waals surface area contributed by atoms with Gasteiger partial charge >= 0.3 is 0 Å². The summed E-state index contributed by atoms with van der Waals surface area (Å²) in [5, 5.41) is 3.67. The number of ether oxygens (including phenoxy) is 1. The zero-order valence-electron chi connectivity index (χ0n) is 12.0. The fraction of sp³-hybridized carbons (Fsp3) is 0.312. The lowest BCUT2D eigenvalue weighted by atomic mass is 10.0. The first kappa shape index (κ1) is 14.5. The molecule has 2 aromatic rings. The van der Waals surface area contributed by atoms with Gasteiger partial charge < -0.3 is 14.2 Å². The van der Waals surface area contributed by atoms with Gasteiger partial charge in [-0.05, 0) is 0 Å². The molecule has 6 heteroatoms. The zero-order chi connectivity index (χ0) is 15.4. The van der Waals surface area contributed by atoms with E-state index in [1.165, 1.54) is 12.3 Å². The van der Waals surface area contributed by atoms with Crippen LogP contribution < -0.4 is 0 Å². The molecule has 1 aliphatic heterocycles. The molecule has 1 aromatic heterocycles. The third kappa shape index (κ3) is 3.07. The first-order chi connectivity index (χ1) is 10.8. The molecule has 2 heterocycles. The Labute approximate surface area is 127 Å². The van der Waals surface area contributed by atoms with E-state index in [1.807, 2.05) is 18.2 Å². The molecule has 1 atom stereocenters. The van der Waals surface area contributed by atoms with Crippen LogP contribution in [0, 0.1) is 0 Å². The standard InChI is InChI=1S/C16H16N2O4/c19-15(12-4-2-1-3-5-12)10-13-11-21-9-7-18(13)16(20)14-6-8-22-17-14/h1-6,8,13H,7,9-11H2/t13-/m1/s1. The number of carbonyl (C=O) groups excluding carboxylic acids is 2. The summed E-state index contributed by atoms with van der Waals surface area (Å²) < 4.78 is 10.1. The average molecular weight is 300 g/mol. The maximum atomic E-state index is 12.4. The first-order valence-corrected chi connectivity index (χ1v) is 7.13. The highest BCUT2D eigenvalue weighted by molar-refractivity contribution is 5.97. The highest BCUT2D eigenvalue weighted by atomic mass is 16.5. The predicted octanol–water partition coefficient (Wildman–Crippen LogP) is 1.79. The number of rotatable bonds is 4. The van der Waals surface area contributed by atoms with E-state index in [2.05, 4.69) is 5.16 Å². The number of Topliss-reactive ketones (excluding diaryl/α,β-unsaturated/α-hetero) is 1. The fourth-order valence-electron chi connectivity index (χ4n) is 2.52. The van der Waals surface area contributed by atoms with Gasteiger partial charge in [0.1, 0.15) is 6.26 Å². The molecule has 0 aliphatic carbocycles. The Morgan fingerprint density at radius 1 is 1.23 bits per heavy atom. The van der Waals surface area contributed by atoms with Gasteiger partial charge in [0.05, 0.1) is 19.3 Å². The maximum Gasteiger partial charge on any atom is 0.276 e. The molecular formula is C16H16N2O4. The lowest BCUT2D eigenvalue weighted by Crippen LogP contribution is -2.49. The van der Waals surface area contributed by atoms with E-state index in [-0.39, 0.29) is 29.8 Å². The van der Waals surface area contributed by atoms with Gasteiger partial charge in [0, 0.05) is 24.6 Å². The van der Waals surface area contributed by atoms with Crippen molar-refractivity contribution in [2.45, 2.75) is 12.5 Å². The molecule has 1 aliphatic rings. The van der Waals surface area contributed by atoms with Crippen molar-refractivity contribution in [1.82, 2.24) is 10.1 Å². The fourth-order valence-corrected chi connectivity index (χ4v) is 2.52. The number of hydrogen-bond donors (Lipinski definition) is 0. The second-order valence-corrected chi connectivity index (χ2v) is 5.11. The van der Waals surface area contributed by atoms with Crippen molar-refractivity contribution in [3.8, 4) is 0 Å². The topological polar surface area (TPSA) is 72.6 Å². The van der Waals surface area contributed by atoms with Crippen molar-refractivity contribution in [3.63, 3.8) is 0 Å². The van der Waals surface area contributed by atoms with Crippen molar-refractivity contribution < 1.29 is 18.8 Å². The quantitative estimate of drug-likeness (QED) is 0.805. The summed E-state index contributed by atoms with van der Waals surface area (Å²) in [4.78, 5) is 26.4. The molecule has 0 unspecified atom stereocenters. The number of hydrogen-bond acceptors (Lipinski definition) is 5. The van der Waals surface area contributed by atoms with Gasteiger partial charge in [0.15, 0.2) is 11.5 Å². The van der Waals surface area contributed by atoms with Gasteiger partial charge in [-0.3, -0.25) is 9.59 Å². The lowest BCUT2D eigenvalue weighted by molar-refractivity contribution is -0.00329. The van der Waals surface area contributed by atoms with Gasteiger partial charge in [-0.2, -0.15) is 0 Å². The molecule has 0 N–H and O–H groups in total. The normalized spacial score (nSPS) is 18.2. The second-order valence-electron chi connectivity index (χ2n) is 5.11. The minimum atomic E-state index is -0.286. The highest BCUT2D eigenvalue weighted by Gasteiger charge is 2.31. The van der Waals surface area contributed by atoms with Crippen molar-refractivity contribution in [1.29, 1.82) is 0 Å². The summed E-state index contributed by atoms with van der Waals surface area (Å²) in [5.41, 5.74) is 0.890. The lowest BCUT2D eigenvalue weighted by Gasteiger charge is -2.34. The number of amides is 1. The molecule has 0 spiro atoms. The first-order valence-electron chi connectivity index (χ1n) is 7.13. The average Bonchev–Trinajstić information content (AvgIpc) is 3.10. The van der Waals surface area contributed by atoms with Crippen LogP contribution in [0.15, 0.2) is 47.2 Å². The molecule has 1 aromatic carbocycles. The molecule has 0 saturated carbocycles. The number of benzene rings is 1. The number of aromatic nitrogens is 1. The third-order valence-electron chi connectivity index (χ3n) is 3.66. The van der Waals surface area contributed by atoms with Crippen LogP contribution in [-0.4, -0.2) is 47.5 Å². The van der Waals surface area contributed by atoms with E-state index in [1.54, 1.807) is 17.0 Å². The molecule has 1 amide bonds. The number of nitrogens with zero attached hydrogens (tertiary/aromatic N) is 2. The molecule has 6 nitrogen and oxygen atoms in total. The van der Waals surface area contributed by atoms with Crippen LogP contribution in [0.2, 0.25) is 0 Å². The Morgan fingerprint density at radius 2 is 2.05 bits per heavy atom. The van der Waals surface area contributed by atoms with E-state index in [0.717, 1.165) is 0 Å². The molecule has 3 rings (SSSR count). The Morgan fingerprint density at radius 3 is 2.77 bits per heavy atom. The summed E-state index contributed by atoms with van der Waals surface area (Å²) in [7, 11) is 0. The minimum absolute atomic E-state index is 0.00551. The van der Waals surface area contributed by atoms with Crippen LogP contribution in [0.4, 0.5) is 0 Å². The monoisotopic (exact) mass is 300 g/mol. The predicted molar refractivity (Wildman–Crippen MR) is 77.5 cm³/mol. The molecule has 1 saturated heterocycles. The van der Waals surface area contributed by atoms with Crippen molar-refractivity contribution in [2.75, 3.05) is 19.8 Å². The molecule has 0 radical (unpaired) electrons. The summed E-state index contributed by atoms with van der Waals surface area (Å²) in [6, 6.07) is 10.3. The Balaban J connectivity index is 1.73. The van der Waals surface area contributed by atoms with Crippen LogP contribution in [0.5, 0.6) is 0 Å². The summed E-state index contributed by atoms with van der Waals surface area (Å²) in [6.07, 6.45) is 1.59. The van der Waals surface area contributed by atoms with Crippen LogP contribution in [0.25, 0.3) is 0 Å². The van der Waals surface area contributed by atoms with Crippen LogP contribution in [0.3, 0.4) is 0 Å². The molecule has 0 bridgehead atoms. The summed E-state index contributed by atoms with van der Waals surface area (Å²) in [6.45, 7) is 1.25. The zero-order valence-corrected chi connectivity index (χ0v) is 12.0. The summed E-state index contributed by atoms with van der Waals surface area (Å²) >= 11 is 0. The van der Waals surface area contributed by atoms with E-state index in [4.69, 9.17) is 9.26 Å². The van der Waals surface area contributed by atoms with Crippen LogP contribution in [-0.2, 0) is 4.74 Å². The second kappa shape index (κ2) is 6.53. The van der Waals surface area contributed by atoms with E-state index in [9.17, 15) is 9.59 Å². The Hall–Kier alpha value is -2.47. The van der Waals surface area contributed by atoms with Gasteiger partial charge in [-0.15, -0.1) is 0 Å².